The zero-order valence-electron chi connectivity index (χ0n) is 12.0. The number of carbonyl (C=O) groups excluding carboxylic acids is 1. The maximum absolute atomic E-state index is 12.8. The first-order chi connectivity index (χ1) is 9.45. The van der Waals surface area contributed by atoms with Gasteiger partial charge in [0, 0.05) is 16.6 Å². The highest BCUT2D eigenvalue weighted by molar-refractivity contribution is 6.30. The number of ether oxygens (including phenoxy) is 1. The first-order valence-electron chi connectivity index (χ1n) is 6.38. The summed E-state index contributed by atoms with van der Waals surface area (Å²) in [5.41, 5.74) is 1.91. The number of ketones is 1. The zero-order chi connectivity index (χ0) is 14.9. The average Bonchev–Trinajstić information content (AvgIpc) is 2.81. The van der Waals surface area contributed by atoms with Gasteiger partial charge in [-0.05, 0) is 44.5 Å². The van der Waals surface area contributed by atoms with Crippen molar-refractivity contribution in [1.29, 1.82) is 0 Å². The van der Waals surface area contributed by atoms with E-state index in [0.29, 0.717) is 22.0 Å². The Hall–Kier alpha value is -1.81. The number of hydrogen-bond acceptors (Lipinski definition) is 3. The van der Waals surface area contributed by atoms with E-state index in [1.165, 1.54) is 7.11 Å². The van der Waals surface area contributed by atoms with E-state index in [2.05, 4.69) is 5.10 Å². The van der Waals surface area contributed by atoms with E-state index in [9.17, 15) is 4.79 Å². The number of aryl methyl sites for hydroxylation is 1. The molecule has 0 N–H and O–H groups in total. The molecule has 1 heterocycles. The zero-order valence-corrected chi connectivity index (χ0v) is 12.7. The molecule has 5 heteroatoms. The number of rotatable bonds is 4. The van der Waals surface area contributed by atoms with Crippen molar-refractivity contribution in [2.45, 2.75) is 26.8 Å². The minimum absolute atomic E-state index is 0.0745. The molecular weight excluding hydrogens is 276 g/mol. The molecule has 0 bridgehead atoms. The van der Waals surface area contributed by atoms with Crippen molar-refractivity contribution < 1.29 is 9.53 Å². The van der Waals surface area contributed by atoms with Crippen LogP contribution in [0.1, 0.15) is 41.5 Å². The standard InChI is InChI=1S/C15H17ClN2O2/c1-9(2)18-14(13(20-4)8-17-18)15(19)12-6-5-11(16)7-10(12)3/h5-9H,1-4H3. The van der Waals surface area contributed by atoms with Crippen molar-refractivity contribution >= 4 is 17.4 Å². The van der Waals surface area contributed by atoms with Crippen molar-refractivity contribution in [3.63, 3.8) is 0 Å². The van der Waals surface area contributed by atoms with Crippen molar-refractivity contribution in [2.75, 3.05) is 7.11 Å². The molecule has 2 aromatic rings. The van der Waals surface area contributed by atoms with Gasteiger partial charge in [-0.25, -0.2) is 0 Å². The highest BCUT2D eigenvalue weighted by atomic mass is 35.5. The number of nitrogens with zero attached hydrogens (tertiary/aromatic N) is 2. The van der Waals surface area contributed by atoms with Crippen LogP contribution in [0.3, 0.4) is 0 Å². The van der Waals surface area contributed by atoms with Crippen LogP contribution in [0, 0.1) is 6.92 Å². The molecule has 0 aliphatic heterocycles. The lowest BCUT2D eigenvalue weighted by atomic mass is 10.0. The number of hydrogen-bond donors (Lipinski definition) is 0. The van der Waals surface area contributed by atoms with E-state index in [0.717, 1.165) is 5.56 Å². The Labute approximate surface area is 123 Å². The van der Waals surface area contributed by atoms with E-state index in [1.54, 1.807) is 29.1 Å². The number of methoxy groups -OCH3 is 1. The summed E-state index contributed by atoms with van der Waals surface area (Å²) in [5, 5.41) is 4.84. The van der Waals surface area contributed by atoms with Crippen LogP contribution in [0.25, 0.3) is 0 Å². The van der Waals surface area contributed by atoms with Gasteiger partial charge in [-0.3, -0.25) is 9.48 Å². The van der Waals surface area contributed by atoms with Crippen molar-refractivity contribution in [3.05, 3.63) is 46.2 Å². The average molecular weight is 293 g/mol. The molecule has 0 aliphatic carbocycles. The molecule has 0 unspecified atom stereocenters. The summed E-state index contributed by atoms with van der Waals surface area (Å²) in [5.74, 6) is 0.375. The summed E-state index contributed by atoms with van der Waals surface area (Å²) >= 11 is 5.93. The molecule has 4 nitrogen and oxygen atoms in total. The van der Waals surface area contributed by atoms with Gasteiger partial charge in [0.05, 0.1) is 13.3 Å². The maximum atomic E-state index is 12.8. The molecule has 0 fully saturated rings. The molecule has 20 heavy (non-hydrogen) atoms. The minimum atomic E-state index is -0.109. The third kappa shape index (κ3) is 2.56. The van der Waals surface area contributed by atoms with Crippen LogP contribution in [-0.2, 0) is 0 Å². The summed E-state index contributed by atoms with van der Waals surface area (Å²) in [6.45, 7) is 5.80. The first-order valence-corrected chi connectivity index (χ1v) is 6.75. The summed E-state index contributed by atoms with van der Waals surface area (Å²) in [6, 6.07) is 5.30. The Morgan fingerprint density at radius 1 is 1.40 bits per heavy atom. The fourth-order valence-electron chi connectivity index (χ4n) is 2.11. The molecule has 0 radical (unpaired) electrons. The molecule has 106 valence electrons. The summed E-state index contributed by atoms with van der Waals surface area (Å²) < 4.78 is 6.93. The topological polar surface area (TPSA) is 44.1 Å². The normalized spacial score (nSPS) is 10.9. The van der Waals surface area contributed by atoms with Gasteiger partial charge < -0.3 is 4.74 Å². The van der Waals surface area contributed by atoms with Gasteiger partial charge in [0.1, 0.15) is 0 Å². The lowest BCUT2D eigenvalue weighted by Gasteiger charge is -2.12. The summed E-state index contributed by atoms with van der Waals surface area (Å²) in [4.78, 5) is 12.8. The van der Waals surface area contributed by atoms with E-state index in [1.807, 2.05) is 20.8 Å². The SMILES string of the molecule is COc1cnn(C(C)C)c1C(=O)c1ccc(Cl)cc1C. The molecule has 0 saturated carbocycles. The predicted octanol–water partition coefficient (Wildman–Crippen LogP) is 3.67. The van der Waals surface area contributed by atoms with Crippen LogP contribution < -0.4 is 4.74 Å². The first kappa shape index (κ1) is 14.6. The fourth-order valence-corrected chi connectivity index (χ4v) is 2.34. The van der Waals surface area contributed by atoms with Gasteiger partial charge in [-0.1, -0.05) is 11.6 Å². The van der Waals surface area contributed by atoms with Gasteiger partial charge in [0.25, 0.3) is 0 Å². The summed E-state index contributed by atoms with van der Waals surface area (Å²) in [7, 11) is 1.53. The second kappa shape index (κ2) is 5.67. The molecule has 0 saturated heterocycles. The minimum Gasteiger partial charge on any atom is -0.493 e. The van der Waals surface area contributed by atoms with Crippen LogP contribution in [0.5, 0.6) is 5.75 Å². The third-order valence-corrected chi connectivity index (χ3v) is 3.35. The van der Waals surface area contributed by atoms with Crippen LogP contribution in [0.2, 0.25) is 5.02 Å². The van der Waals surface area contributed by atoms with Gasteiger partial charge >= 0.3 is 0 Å². The second-order valence-corrected chi connectivity index (χ2v) is 5.32. The smallest absolute Gasteiger partial charge is 0.215 e. The monoisotopic (exact) mass is 292 g/mol. The Bertz CT molecular complexity index is 647. The Morgan fingerprint density at radius 2 is 2.10 bits per heavy atom. The van der Waals surface area contributed by atoms with Crippen molar-refractivity contribution in [3.8, 4) is 5.75 Å². The Morgan fingerprint density at radius 3 is 2.65 bits per heavy atom. The molecule has 0 atom stereocenters. The second-order valence-electron chi connectivity index (χ2n) is 4.89. The highest BCUT2D eigenvalue weighted by Gasteiger charge is 2.23. The van der Waals surface area contributed by atoms with Crippen molar-refractivity contribution in [1.82, 2.24) is 9.78 Å². The van der Waals surface area contributed by atoms with Crippen molar-refractivity contribution in [2.24, 2.45) is 0 Å². The lowest BCUT2D eigenvalue weighted by Crippen LogP contribution is -2.15. The number of halogens is 1. The quantitative estimate of drug-likeness (QED) is 0.808. The lowest BCUT2D eigenvalue weighted by molar-refractivity contribution is 0.102. The van der Waals surface area contributed by atoms with Crippen LogP contribution in [-0.4, -0.2) is 22.7 Å². The largest absolute Gasteiger partial charge is 0.493 e. The molecule has 1 aromatic heterocycles. The molecule has 0 amide bonds. The Balaban J connectivity index is 2.55. The maximum Gasteiger partial charge on any atom is 0.215 e. The number of carbonyl (C=O) groups is 1. The van der Waals surface area contributed by atoms with E-state index >= 15 is 0 Å². The van der Waals surface area contributed by atoms with Gasteiger partial charge in [0.2, 0.25) is 5.78 Å². The molecular formula is C15H17ClN2O2. The van der Waals surface area contributed by atoms with Gasteiger partial charge in [0.15, 0.2) is 11.4 Å². The molecule has 1 aromatic carbocycles. The van der Waals surface area contributed by atoms with Crippen LogP contribution in [0.4, 0.5) is 0 Å². The number of aromatic nitrogens is 2. The van der Waals surface area contributed by atoms with E-state index < -0.39 is 0 Å². The number of benzene rings is 1. The van der Waals surface area contributed by atoms with Gasteiger partial charge in [-0.2, -0.15) is 5.10 Å². The molecule has 0 spiro atoms. The Kier molecular flexibility index (Phi) is 4.14. The van der Waals surface area contributed by atoms with E-state index in [-0.39, 0.29) is 11.8 Å². The molecule has 0 aliphatic rings. The third-order valence-electron chi connectivity index (χ3n) is 3.12. The van der Waals surface area contributed by atoms with Gasteiger partial charge in [-0.15, -0.1) is 0 Å². The summed E-state index contributed by atoms with van der Waals surface area (Å²) in [6.07, 6.45) is 1.57. The van der Waals surface area contributed by atoms with Crippen LogP contribution in [0.15, 0.2) is 24.4 Å². The van der Waals surface area contributed by atoms with Crippen LogP contribution >= 0.6 is 11.6 Å². The predicted molar refractivity (Wildman–Crippen MR) is 78.8 cm³/mol. The highest BCUT2D eigenvalue weighted by Crippen LogP contribution is 2.26. The molecule has 2 rings (SSSR count). The fraction of sp³-hybridized carbons (Fsp3) is 0.333. The van der Waals surface area contributed by atoms with E-state index in [4.69, 9.17) is 16.3 Å².